The highest BCUT2D eigenvalue weighted by Crippen LogP contribution is 2.11. The van der Waals surface area contributed by atoms with Gasteiger partial charge in [0, 0.05) is 24.4 Å². The average Bonchev–Trinajstić information content (AvgIpc) is 2.53. The second-order valence-corrected chi connectivity index (χ2v) is 5.46. The Bertz CT molecular complexity index is 578. The fourth-order valence-corrected chi connectivity index (χ4v) is 2.37. The lowest BCUT2D eigenvalue weighted by molar-refractivity contribution is -0.130. The molecule has 0 saturated carbocycles. The minimum absolute atomic E-state index is 0.0219. The first kappa shape index (κ1) is 16.0. The molecule has 118 valence electrons. The predicted octanol–water partition coefficient (Wildman–Crippen LogP) is 1.90. The molecule has 1 saturated heterocycles. The van der Waals surface area contributed by atoms with Crippen molar-refractivity contribution in [1.82, 2.24) is 10.3 Å². The number of hydrogen-bond donors (Lipinski definition) is 2. The summed E-state index contributed by atoms with van der Waals surface area (Å²) in [5, 5.41) is 13.3. The molecule has 0 unspecified atom stereocenters. The Kier molecular flexibility index (Phi) is 5.52. The maximum Gasteiger partial charge on any atom is 0.271 e. The molecule has 1 heterocycles. The molecule has 0 aliphatic carbocycles. The molecule has 0 radical (unpaired) electrons. The average molecular weight is 303 g/mol. The second-order valence-electron chi connectivity index (χ2n) is 5.46. The van der Waals surface area contributed by atoms with Gasteiger partial charge in [-0.2, -0.15) is 5.10 Å². The first-order valence-corrected chi connectivity index (χ1v) is 7.46. The van der Waals surface area contributed by atoms with Gasteiger partial charge in [-0.1, -0.05) is 6.07 Å². The van der Waals surface area contributed by atoms with Crippen LogP contribution in [0.1, 0.15) is 43.0 Å². The van der Waals surface area contributed by atoms with E-state index in [1.54, 1.807) is 19.1 Å². The molecule has 0 atom stereocenters. The summed E-state index contributed by atoms with van der Waals surface area (Å²) >= 11 is 0. The van der Waals surface area contributed by atoms with E-state index in [9.17, 15) is 14.7 Å². The number of likely N-dealkylation sites (tertiary alicyclic amines) is 1. The monoisotopic (exact) mass is 303 g/mol. The number of hydrogen-bond acceptors (Lipinski definition) is 4. The number of carbonyl (C=O) groups excluding carboxylic acids is 2. The molecule has 0 spiro atoms. The number of rotatable bonds is 4. The third-order valence-corrected chi connectivity index (χ3v) is 3.57. The van der Waals surface area contributed by atoms with Crippen molar-refractivity contribution in [3.8, 4) is 5.75 Å². The van der Waals surface area contributed by atoms with Crippen LogP contribution in [0.3, 0.4) is 0 Å². The number of phenolic OH excluding ortho intramolecular Hbond substituents is 1. The molecule has 1 aliphatic rings. The van der Waals surface area contributed by atoms with Crippen molar-refractivity contribution in [1.29, 1.82) is 0 Å². The van der Waals surface area contributed by atoms with Crippen LogP contribution in [0.4, 0.5) is 0 Å². The standard InChI is InChI=1S/C16H21N3O3/c1-12(10-15(21)19-8-3-2-4-9-19)17-18-16(22)13-6-5-7-14(20)11-13/h5-7,11,20H,2-4,8-10H2,1H3,(H,18,22). The molecule has 1 fully saturated rings. The van der Waals surface area contributed by atoms with Gasteiger partial charge in [0.05, 0.1) is 6.42 Å². The van der Waals surface area contributed by atoms with Crippen LogP contribution in [0.15, 0.2) is 29.4 Å². The van der Waals surface area contributed by atoms with Gasteiger partial charge in [-0.3, -0.25) is 9.59 Å². The lowest BCUT2D eigenvalue weighted by atomic mass is 10.1. The van der Waals surface area contributed by atoms with Crippen LogP contribution in [0.5, 0.6) is 5.75 Å². The molecule has 2 rings (SSSR count). The summed E-state index contributed by atoms with van der Waals surface area (Å²) in [6, 6.07) is 6.02. The van der Waals surface area contributed by atoms with E-state index in [1.165, 1.54) is 18.6 Å². The van der Waals surface area contributed by atoms with E-state index in [-0.39, 0.29) is 18.1 Å². The number of nitrogens with zero attached hydrogens (tertiary/aromatic N) is 2. The molecule has 0 bridgehead atoms. The maximum absolute atomic E-state index is 12.1. The van der Waals surface area contributed by atoms with Gasteiger partial charge in [-0.15, -0.1) is 0 Å². The Morgan fingerprint density at radius 2 is 2.00 bits per heavy atom. The number of amides is 2. The van der Waals surface area contributed by atoms with Gasteiger partial charge in [0.2, 0.25) is 5.91 Å². The van der Waals surface area contributed by atoms with Crippen LogP contribution < -0.4 is 5.43 Å². The Balaban J connectivity index is 1.86. The van der Waals surface area contributed by atoms with Crippen LogP contribution in [0.25, 0.3) is 0 Å². The number of carbonyl (C=O) groups is 2. The van der Waals surface area contributed by atoms with Crippen LogP contribution in [0.2, 0.25) is 0 Å². The summed E-state index contributed by atoms with van der Waals surface area (Å²) < 4.78 is 0. The van der Waals surface area contributed by atoms with Gasteiger partial charge < -0.3 is 10.0 Å². The summed E-state index contributed by atoms with van der Waals surface area (Å²) in [5.41, 5.74) is 3.28. The minimum atomic E-state index is -0.416. The topological polar surface area (TPSA) is 82.0 Å². The van der Waals surface area contributed by atoms with Gasteiger partial charge in [-0.25, -0.2) is 5.43 Å². The van der Waals surface area contributed by atoms with E-state index in [0.717, 1.165) is 25.9 Å². The summed E-state index contributed by atoms with van der Waals surface area (Å²) in [4.78, 5) is 25.8. The van der Waals surface area contributed by atoms with Crippen LogP contribution in [0, 0.1) is 0 Å². The van der Waals surface area contributed by atoms with Crippen molar-refractivity contribution in [2.45, 2.75) is 32.6 Å². The Morgan fingerprint density at radius 1 is 1.27 bits per heavy atom. The zero-order chi connectivity index (χ0) is 15.9. The van der Waals surface area contributed by atoms with E-state index in [0.29, 0.717) is 11.3 Å². The number of benzene rings is 1. The molecule has 1 aromatic rings. The van der Waals surface area contributed by atoms with E-state index in [1.807, 2.05) is 4.90 Å². The third kappa shape index (κ3) is 4.58. The highest BCUT2D eigenvalue weighted by molar-refractivity contribution is 6.01. The first-order valence-electron chi connectivity index (χ1n) is 7.46. The van der Waals surface area contributed by atoms with E-state index >= 15 is 0 Å². The largest absolute Gasteiger partial charge is 0.508 e. The molecule has 1 aliphatic heterocycles. The van der Waals surface area contributed by atoms with E-state index in [4.69, 9.17) is 0 Å². The summed E-state index contributed by atoms with van der Waals surface area (Å²) in [6.07, 6.45) is 3.49. The molecule has 1 aromatic carbocycles. The van der Waals surface area contributed by atoms with Crippen molar-refractivity contribution < 1.29 is 14.7 Å². The highest BCUT2D eigenvalue weighted by Gasteiger charge is 2.17. The van der Waals surface area contributed by atoms with Gasteiger partial charge >= 0.3 is 0 Å². The molecule has 2 amide bonds. The van der Waals surface area contributed by atoms with Crippen molar-refractivity contribution in [2.75, 3.05) is 13.1 Å². The number of hydrazone groups is 1. The Labute approximate surface area is 129 Å². The first-order chi connectivity index (χ1) is 10.6. The molecule has 6 nitrogen and oxygen atoms in total. The van der Waals surface area contributed by atoms with Crippen LogP contribution in [-0.2, 0) is 4.79 Å². The molecule has 0 aromatic heterocycles. The summed E-state index contributed by atoms with van der Waals surface area (Å²) in [5.74, 6) is -0.346. The minimum Gasteiger partial charge on any atom is -0.508 e. The SMILES string of the molecule is CC(CC(=O)N1CCCCC1)=NNC(=O)c1cccc(O)c1. The fraction of sp³-hybridized carbons (Fsp3) is 0.438. The molecular weight excluding hydrogens is 282 g/mol. The van der Waals surface area contributed by atoms with Crippen molar-refractivity contribution in [3.63, 3.8) is 0 Å². The third-order valence-electron chi connectivity index (χ3n) is 3.57. The van der Waals surface area contributed by atoms with Gasteiger partial charge in [0.25, 0.3) is 5.91 Å². The van der Waals surface area contributed by atoms with Gasteiger partial charge in [-0.05, 0) is 44.4 Å². The lowest BCUT2D eigenvalue weighted by Crippen LogP contribution is -2.36. The van der Waals surface area contributed by atoms with Crippen molar-refractivity contribution in [3.05, 3.63) is 29.8 Å². The van der Waals surface area contributed by atoms with Crippen LogP contribution >= 0.6 is 0 Å². The lowest BCUT2D eigenvalue weighted by Gasteiger charge is -2.26. The zero-order valence-corrected chi connectivity index (χ0v) is 12.7. The Morgan fingerprint density at radius 3 is 2.68 bits per heavy atom. The smallest absolute Gasteiger partial charge is 0.271 e. The fourth-order valence-electron chi connectivity index (χ4n) is 2.37. The van der Waals surface area contributed by atoms with Gasteiger partial charge in [0.1, 0.15) is 5.75 Å². The van der Waals surface area contributed by atoms with E-state index in [2.05, 4.69) is 10.5 Å². The number of aromatic hydroxyl groups is 1. The quantitative estimate of drug-likeness (QED) is 0.658. The zero-order valence-electron chi connectivity index (χ0n) is 12.7. The molecular formula is C16H21N3O3. The number of phenols is 1. The molecule has 6 heteroatoms. The molecule has 22 heavy (non-hydrogen) atoms. The van der Waals surface area contributed by atoms with Crippen LogP contribution in [-0.4, -0.2) is 40.6 Å². The highest BCUT2D eigenvalue weighted by atomic mass is 16.3. The number of nitrogens with one attached hydrogen (secondary N) is 1. The van der Waals surface area contributed by atoms with E-state index < -0.39 is 5.91 Å². The summed E-state index contributed by atoms with van der Waals surface area (Å²) in [6.45, 7) is 3.33. The summed E-state index contributed by atoms with van der Waals surface area (Å²) in [7, 11) is 0. The Hall–Kier alpha value is -2.37. The second kappa shape index (κ2) is 7.59. The van der Waals surface area contributed by atoms with Gasteiger partial charge in [0.15, 0.2) is 0 Å². The van der Waals surface area contributed by atoms with Crippen molar-refractivity contribution in [2.24, 2.45) is 5.10 Å². The molecule has 2 N–H and O–H groups in total. The maximum atomic E-state index is 12.1. The normalized spacial score (nSPS) is 15.5. The number of piperidine rings is 1. The predicted molar refractivity (Wildman–Crippen MR) is 83.7 cm³/mol. The van der Waals surface area contributed by atoms with Crippen molar-refractivity contribution >= 4 is 17.5 Å².